The van der Waals surface area contributed by atoms with E-state index in [-0.39, 0.29) is 5.91 Å². The van der Waals surface area contributed by atoms with Crippen molar-refractivity contribution in [3.63, 3.8) is 0 Å². The van der Waals surface area contributed by atoms with E-state index >= 15 is 0 Å². The fraction of sp³-hybridized carbons (Fsp3) is 0.545. The Morgan fingerprint density at radius 1 is 1.44 bits per heavy atom. The number of nitrogens with zero attached hydrogens (tertiary/aromatic N) is 1. The van der Waals surface area contributed by atoms with Crippen LogP contribution in [0.3, 0.4) is 0 Å². The van der Waals surface area contributed by atoms with Crippen molar-refractivity contribution in [2.45, 2.75) is 0 Å². The van der Waals surface area contributed by atoms with E-state index in [1.54, 1.807) is 6.07 Å². The van der Waals surface area contributed by atoms with E-state index in [2.05, 4.69) is 15.5 Å². The van der Waals surface area contributed by atoms with Crippen LogP contribution in [0.25, 0.3) is 0 Å². The van der Waals surface area contributed by atoms with Gasteiger partial charge in [0.15, 0.2) is 0 Å². The number of hydrogen-bond donors (Lipinski definition) is 2. The number of rotatable bonds is 4. The van der Waals surface area contributed by atoms with Crippen molar-refractivity contribution >= 4 is 40.4 Å². The quantitative estimate of drug-likeness (QED) is 0.890. The lowest BCUT2D eigenvalue weighted by Crippen LogP contribution is -2.46. The average molecular weight is 308 g/mol. The maximum atomic E-state index is 11.8. The summed E-state index contributed by atoms with van der Waals surface area (Å²) in [7, 11) is 0. The van der Waals surface area contributed by atoms with Crippen LogP contribution in [0.5, 0.6) is 0 Å². The van der Waals surface area contributed by atoms with Gasteiger partial charge in [0.25, 0.3) is 5.91 Å². The number of carbonyl (C=O) groups excluding carboxylic acids is 1. The van der Waals surface area contributed by atoms with Gasteiger partial charge in [-0.25, -0.2) is 0 Å². The van der Waals surface area contributed by atoms with Crippen LogP contribution in [0.2, 0.25) is 8.67 Å². The van der Waals surface area contributed by atoms with Crippen LogP contribution < -0.4 is 10.6 Å². The number of nitrogens with one attached hydrogen (secondary N) is 2. The third-order valence-electron chi connectivity index (χ3n) is 2.82. The molecule has 0 unspecified atom stereocenters. The van der Waals surface area contributed by atoms with Gasteiger partial charge in [0.05, 0.1) is 9.90 Å². The lowest BCUT2D eigenvalue weighted by atomic mass is 10.3. The maximum Gasteiger partial charge on any atom is 0.253 e. The summed E-state index contributed by atoms with van der Waals surface area (Å²) in [4.78, 5) is 14.2. The Morgan fingerprint density at radius 2 is 2.17 bits per heavy atom. The molecule has 0 radical (unpaired) electrons. The molecule has 1 saturated heterocycles. The Morgan fingerprint density at radius 3 is 2.78 bits per heavy atom. The van der Waals surface area contributed by atoms with Gasteiger partial charge >= 0.3 is 0 Å². The summed E-state index contributed by atoms with van der Waals surface area (Å²) in [5.74, 6) is -0.154. The Balaban J connectivity index is 1.76. The number of carbonyl (C=O) groups is 1. The zero-order valence-electron chi connectivity index (χ0n) is 9.84. The Bertz CT molecular complexity index is 418. The highest BCUT2D eigenvalue weighted by atomic mass is 35.5. The molecule has 1 aliphatic heterocycles. The minimum Gasteiger partial charge on any atom is -0.351 e. The summed E-state index contributed by atoms with van der Waals surface area (Å²) in [6.45, 7) is 5.58. The molecule has 1 aromatic heterocycles. The molecule has 1 aromatic rings. The molecule has 0 saturated carbocycles. The monoisotopic (exact) mass is 307 g/mol. The van der Waals surface area contributed by atoms with Gasteiger partial charge in [0, 0.05) is 39.3 Å². The van der Waals surface area contributed by atoms with Crippen molar-refractivity contribution < 1.29 is 4.79 Å². The first-order chi connectivity index (χ1) is 8.66. The molecule has 0 bridgehead atoms. The molecule has 1 fully saturated rings. The molecule has 2 heterocycles. The lowest BCUT2D eigenvalue weighted by Gasteiger charge is -2.27. The summed E-state index contributed by atoms with van der Waals surface area (Å²) in [5, 5.41) is 6.15. The molecule has 0 spiro atoms. The van der Waals surface area contributed by atoms with E-state index in [1.807, 2.05) is 0 Å². The van der Waals surface area contributed by atoms with Gasteiger partial charge in [0.1, 0.15) is 4.34 Å². The molecular weight excluding hydrogens is 293 g/mol. The van der Waals surface area contributed by atoms with Crippen LogP contribution in [0.1, 0.15) is 10.4 Å². The second kappa shape index (κ2) is 6.73. The van der Waals surface area contributed by atoms with Gasteiger partial charge in [-0.15, -0.1) is 11.3 Å². The van der Waals surface area contributed by atoms with Crippen LogP contribution in [0.4, 0.5) is 0 Å². The predicted octanol–water partition coefficient (Wildman–Crippen LogP) is 1.69. The van der Waals surface area contributed by atoms with E-state index in [0.717, 1.165) is 32.7 Å². The van der Waals surface area contributed by atoms with Gasteiger partial charge in [-0.05, 0) is 6.07 Å². The van der Waals surface area contributed by atoms with Gasteiger partial charge in [-0.2, -0.15) is 0 Å². The van der Waals surface area contributed by atoms with E-state index < -0.39 is 0 Å². The van der Waals surface area contributed by atoms with Crippen LogP contribution in [-0.2, 0) is 0 Å². The van der Waals surface area contributed by atoms with E-state index in [4.69, 9.17) is 23.2 Å². The number of hydrogen-bond acceptors (Lipinski definition) is 4. The molecule has 18 heavy (non-hydrogen) atoms. The van der Waals surface area contributed by atoms with Crippen LogP contribution in [0, 0.1) is 0 Å². The van der Waals surface area contributed by atoms with Gasteiger partial charge in [-0.3, -0.25) is 9.69 Å². The minimum absolute atomic E-state index is 0.154. The second-order valence-corrected chi connectivity index (χ2v) is 6.37. The van der Waals surface area contributed by atoms with Crippen molar-refractivity contribution in [3.05, 3.63) is 20.3 Å². The van der Waals surface area contributed by atoms with Crippen molar-refractivity contribution in [1.29, 1.82) is 0 Å². The lowest BCUT2D eigenvalue weighted by molar-refractivity contribution is 0.0948. The first kappa shape index (κ1) is 14.1. The highest BCUT2D eigenvalue weighted by Gasteiger charge is 2.14. The molecule has 7 heteroatoms. The normalized spacial score (nSPS) is 16.8. The third kappa shape index (κ3) is 3.83. The number of piperazine rings is 1. The molecule has 0 aliphatic carbocycles. The second-order valence-electron chi connectivity index (χ2n) is 4.09. The predicted molar refractivity (Wildman–Crippen MR) is 76.0 cm³/mol. The van der Waals surface area contributed by atoms with Crippen molar-refractivity contribution in [1.82, 2.24) is 15.5 Å². The molecular formula is C11H15Cl2N3OS. The smallest absolute Gasteiger partial charge is 0.253 e. The first-order valence-electron chi connectivity index (χ1n) is 5.83. The number of halogens is 2. The zero-order valence-corrected chi connectivity index (χ0v) is 12.2. The third-order valence-corrected chi connectivity index (χ3v) is 4.31. The molecule has 100 valence electrons. The van der Waals surface area contributed by atoms with Crippen LogP contribution >= 0.6 is 34.5 Å². The van der Waals surface area contributed by atoms with E-state index in [0.29, 0.717) is 20.8 Å². The van der Waals surface area contributed by atoms with Crippen LogP contribution in [-0.4, -0.2) is 50.1 Å². The van der Waals surface area contributed by atoms with Crippen molar-refractivity contribution in [2.24, 2.45) is 0 Å². The van der Waals surface area contributed by atoms with Crippen LogP contribution in [0.15, 0.2) is 6.07 Å². The van der Waals surface area contributed by atoms with E-state index in [1.165, 1.54) is 11.3 Å². The Hall–Kier alpha value is -0.330. The SMILES string of the molecule is O=C(NCCN1CCNCC1)c1cc(Cl)sc1Cl. The molecule has 2 rings (SSSR count). The Kier molecular flexibility index (Phi) is 5.26. The molecule has 1 amide bonds. The fourth-order valence-electron chi connectivity index (χ4n) is 1.85. The zero-order chi connectivity index (χ0) is 13.0. The molecule has 0 aromatic carbocycles. The highest BCUT2D eigenvalue weighted by molar-refractivity contribution is 7.20. The van der Waals surface area contributed by atoms with E-state index in [9.17, 15) is 4.79 Å². The largest absolute Gasteiger partial charge is 0.351 e. The van der Waals surface area contributed by atoms with Crippen molar-refractivity contribution in [2.75, 3.05) is 39.3 Å². The average Bonchev–Trinajstić information content (AvgIpc) is 2.70. The standard InChI is InChI=1S/C11H15Cl2N3OS/c12-9-7-8(10(13)18-9)11(17)15-3-6-16-4-1-14-2-5-16/h7,14H,1-6H2,(H,15,17). The summed E-state index contributed by atoms with van der Waals surface area (Å²) >= 11 is 12.9. The maximum absolute atomic E-state index is 11.8. The summed E-state index contributed by atoms with van der Waals surface area (Å²) < 4.78 is 0.979. The minimum atomic E-state index is -0.154. The topological polar surface area (TPSA) is 44.4 Å². The fourth-order valence-corrected chi connectivity index (χ4v) is 3.31. The highest BCUT2D eigenvalue weighted by Crippen LogP contribution is 2.30. The van der Waals surface area contributed by atoms with Gasteiger partial charge < -0.3 is 10.6 Å². The summed E-state index contributed by atoms with van der Waals surface area (Å²) in [6, 6.07) is 1.61. The molecule has 4 nitrogen and oxygen atoms in total. The summed E-state index contributed by atoms with van der Waals surface area (Å²) in [6.07, 6.45) is 0. The van der Waals surface area contributed by atoms with Gasteiger partial charge in [0.2, 0.25) is 0 Å². The molecule has 1 aliphatic rings. The van der Waals surface area contributed by atoms with Crippen molar-refractivity contribution in [3.8, 4) is 0 Å². The first-order valence-corrected chi connectivity index (χ1v) is 7.40. The molecule has 2 N–H and O–H groups in total. The number of amides is 1. The summed E-state index contributed by atoms with van der Waals surface area (Å²) in [5.41, 5.74) is 0.465. The van der Waals surface area contributed by atoms with Gasteiger partial charge in [-0.1, -0.05) is 23.2 Å². The Labute approximate surface area is 120 Å². The molecule has 0 atom stereocenters. The number of thiophene rings is 1.